The molecule has 2 rings (SSSR count). The summed E-state index contributed by atoms with van der Waals surface area (Å²) >= 11 is 10.8. The summed E-state index contributed by atoms with van der Waals surface area (Å²) in [4.78, 5) is 9.36. The van der Waals surface area contributed by atoms with Gasteiger partial charge in [0.15, 0.2) is 0 Å². The normalized spacial score (nSPS) is 10.3. The zero-order valence-corrected chi connectivity index (χ0v) is 13.4. The van der Waals surface area contributed by atoms with Gasteiger partial charge in [-0.1, -0.05) is 11.6 Å². The Kier molecular flexibility index (Phi) is 4.90. The highest BCUT2D eigenvalue weighted by Gasteiger charge is 2.05. The number of rotatable bonds is 4. The molecule has 0 spiro atoms. The molecule has 0 radical (unpaired) electrons. The van der Waals surface area contributed by atoms with Gasteiger partial charge in [0.1, 0.15) is 10.9 Å². The lowest BCUT2D eigenvalue weighted by atomic mass is 10.3. The average molecular weight is 361 g/mol. The number of hydrogen-bond acceptors (Lipinski definition) is 5. The largest absolute Gasteiger partial charge is 0.497 e. The van der Waals surface area contributed by atoms with Crippen molar-refractivity contribution in [1.82, 2.24) is 9.97 Å². The summed E-state index contributed by atoms with van der Waals surface area (Å²) in [5.41, 5.74) is 0.849. The van der Waals surface area contributed by atoms with Gasteiger partial charge in [-0.2, -0.15) is 4.98 Å². The molecule has 1 aromatic carbocycles. The molecule has 2 aromatic rings. The Morgan fingerprint density at radius 3 is 2.79 bits per heavy atom. The molecule has 0 saturated heterocycles. The van der Waals surface area contributed by atoms with E-state index in [2.05, 4.69) is 31.2 Å². The number of aromatic nitrogens is 2. The zero-order valence-electron chi connectivity index (χ0n) is 10.3. The molecule has 0 aliphatic heterocycles. The lowest BCUT2D eigenvalue weighted by Gasteiger charge is -2.09. The van der Waals surface area contributed by atoms with Crippen LogP contribution in [-0.2, 0) is 0 Å². The Labute approximate surface area is 129 Å². The molecule has 1 N–H and O–H groups in total. The van der Waals surface area contributed by atoms with Crippen molar-refractivity contribution < 1.29 is 4.74 Å². The maximum absolute atomic E-state index is 5.93. The molecule has 0 fully saturated rings. The third kappa shape index (κ3) is 3.75. The number of nitrogens with one attached hydrogen (secondary N) is 1. The summed E-state index contributed by atoms with van der Waals surface area (Å²) < 4.78 is 5.91. The second kappa shape index (κ2) is 6.45. The number of hydrogen-bond donors (Lipinski definition) is 1. The van der Waals surface area contributed by atoms with E-state index in [4.69, 9.17) is 16.3 Å². The quantitative estimate of drug-likeness (QED) is 0.648. The van der Waals surface area contributed by atoms with Crippen LogP contribution in [0.5, 0.6) is 5.75 Å². The summed E-state index contributed by atoms with van der Waals surface area (Å²) in [5, 5.41) is 3.47. The van der Waals surface area contributed by atoms with Gasteiger partial charge in [0.05, 0.1) is 11.6 Å². The van der Waals surface area contributed by atoms with E-state index in [1.807, 2.05) is 24.5 Å². The molecule has 0 unspecified atom stereocenters. The second-order valence-corrected chi connectivity index (χ2v) is 5.65. The Hall–Kier alpha value is -0.980. The van der Waals surface area contributed by atoms with Crippen molar-refractivity contribution in [3.63, 3.8) is 0 Å². The molecular formula is C12H11BrClN3OS. The first-order valence-electron chi connectivity index (χ1n) is 5.30. The molecule has 100 valence electrons. The van der Waals surface area contributed by atoms with Crippen LogP contribution >= 0.6 is 39.3 Å². The van der Waals surface area contributed by atoms with Crippen molar-refractivity contribution in [1.29, 1.82) is 0 Å². The maximum Gasteiger partial charge on any atom is 0.228 e. The first-order valence-corrected chi connectivity index (χ1v) is 7.70. The van der Waals surface area contributed by atoms with Gasteiger partial charge in [0.2, 0.25) is 5.95 Å². The molecule has 7 heteroatoms. The number of thioether (sulfide) groups is 1. The summed E-state index contributed by atoms with van der Waals surface area (Å²) in [6.45, 7) is 0. The van der Waals surface area contributed by atoms with Crippen molar-refractivity contribution in [2.24, 2.45) is 0 Å². The molecule has 0 aliphatic rings. The van der Waals surface area contributed by atoms with Gasteiger partial charge >= 0.3 is 0 Å². The van der Waals surface area contributed by atoms with Crippen molar-refractivity contribution >= 4 is 50.9 Å². The van der Waals surface area contributed by atoms with Crippen LogP contribution < -0.4 is 10.1 Å². The summed E-state index contributed by atoms with van der Waals surface area (Å²) in [6, 6.07) is 5.83. The third-order valence-electron chi connectivity index (χ3n) is 2.31. The van der Waals surface area contributed by atoms with Crippen LogP contribution in [-0.4, -0.2) is 23.3 Å². The highest BCUT2D eigenvalue weighted by Crippen LogP contribution is 2.28. The highest BCUT2D eigenvalue weighted by atomic mass is 79.9. The van der Waals surface area contributed by atoms with Crippen molar-refractivity contribution in [3.8, 4) is 5.75 Å². The lowest BCUT2D eigenvalue weighted by molar-refractivity contribution is 0.414. The molecule has 1 aromatic heterocycles. The molecule has 19 heavy (non-hydrogen) atoms. The Balaban J connectivity index is 2.29. The van der Waals surface area contributed by atoms with Crippen molar-refractivity contribution in [2.75, 3.05) is 18.7 Å². The predicted molar refractivity (Wildman–Crippen MR) is 82.8 cm³/mol. The minimum Gasteiger partial charge on any atom is -0.497 e. The number of ether oxygens (including phenoxy) is 1. The first-order chi connectivity index (χ1) is 9.12. The monoisotopic (exact) mass is 359 g/mol. The molecule has 1 heterocycles. The lowest BCUT2D eigenvalue weighted by Crippen LogP contribution is -1.98. The van der Waals surface area contributed by atoms with Gasteiger partial charge < -0.3 is 10.1 Å². The molecule has 0 saturated carbocycles. The summed E-state index contributed by atoms with van der Waals surface area (Å²) in [7, 11) is 1.64. The molecule has 4 nitrogen and oxygen atoms in total. The minimum absolute atomic E-state index is 0.366. The zero-order chi connectivity index (χ0) is 13.8. The number of nitrogens with zero attached hydrogens (tertiary/aromatic N) is 2. The van der Waals surface area contributed by atoms with E-state index in [1.54, 1.807) is 25.1 Å². The molecular weight excluding hydrogens is 350 g/mol. The van der Waals surface area contributed by atoms with Gasteiger partial charge in [-0.25, -0.2) is 4.98 Å². The van der Waals surface area contributed by atoms with E-state index < -0.39 is 0 Å². The second-order valence-electron chi connectivity index (χ2n) is 3.56. The predicted octanol–water partition coefficient (Wildman–Crippen LogP) is 4.37. The SMILES string of the molecule is COc1cc(Nc2ncc(Br)c(Cl)n2)cc(SC)c1. The third-order valence-corrected chi connectivity index (χ3v) is 4.11. The number of benzene rings is 1. The van der Waals surface area contributed by atoms with Crippen LogP contribution in [0.4, 0.5) is 11.6 Å². The maximum atomic E-state index is 5.93. The molecule has 0 amide bonds. The van der Waals surface area contributed by atoms with Gasteiger partial charge in [-0.15, -0.1) is 11.8 Å². The van der Waals surface area contributed by atoms with E-state index in [1.165, 1.54) is 0 Å². The Bertz CT molecular complexity index is 575. The number of anilines is 2. The minimum atomic E-state index is 0.366. The Morgan fingerprint density at radius 2 is 2.16 bits per heavy atom. The smallest absolute Gasteiger partial charge is 0.228 e. The van der Waals surface area contributed by atoms with Crippen LogP contribution in [0.25, 0.3) is 0 Å². The van der Waals surface area contributed by atoms with Crippen LogP contribution in [0, 0.1) is 0 Å². The van der Waals surface area contributed by atoms with E-state index in [0.717, 1.165) is 16.3 Å². The van der Waals surface area contributed by atoms with Gasteiger partial charge in [-0.3, -0.25) is 0 Å². The highest BCUT2D eigenvalue weighted by molar-refractivity contribution is 9.10. The van der Waals surface area contributed by atoms with E-state index >= 15 is 0 Å². The van der Waals surface area contributed by atoms with Gasteiger partial charge in [0, 0.05) is 22.8 Å². The van der Waals surface area contributed by atoms with Crippen LogP contribution in [0.15, 0.2) is 33.8 Å². The fourth-order valence-corrected chi connectivity index (χ4v) is 2.21. The van der Waals surface area contributed by atoms with Crippen molar-refractivity contribution in [3.05, 3.63) is 34.0 Å². The standard InChI is InChI=1S/C12H11BrClN3OS/c1-18-8-3-7(4-9(5-8)19-2)16-12-15-6-10(13)11(14)17-12/h3-6H,1-2H3,(H,15,16,17). The van der Waals surface area contributed by atoms with Gasteiger partial charge in [0.25, 0.3) is 0 Å². The fraction of sp³-hybridized carbons (Fsp3) is 0.167. The van der Waals surface area contributed by atoms with E-state index in [-0.39, 0.29) is 0 Å². The first kappa shape index (κ1) is 14.4. The molecule has 0 aliphatic carbocycles. The number of halogens is 2. The van der Waals surface area contributed by atoms with E-state index in [9.17, 15) is 0 Å². The number of methoxy groups -OCH3 is 1. The van der Waals surface area contributed by atoms with Crippen LogP contribution in [0.3, 0.4) is 0 Å². The Morgan fingerprint density at radius 1 is 1.37 bits per heavy atom. The fourth-order valence-electron chi connectivity index (χ4n) is 1.42. The topological polar surface area (TPSA) is 47.0 Å². The summed E-state index contributed by atoms with van der Waals surface area (Å²) in [5.74, 6) is 1.21. The van der Waals surface area contributed by atoms with Crippen molar-refractivity contribution in [2.45, 2.75) is 4.90 Å². The van der Waals surface area contributed by atoms with Gasteiger partial charge in [-0.05, 0) is 34.3 Å². The summed E-state index contributed by atoms with van der Waals surface area (Å²) in [6.07, 6.45) is 3.61. The van der Waals surface area contributed by atoms with Crippen LogP contribution in [0.1, 0.15) is 0 Å². The molecule has 0 bridgehead atoms. The van der Waals surface area contributed by atoms with Crippen LogP contribution in [0.2, 0.25) is 5.15 Å². The molecule has 0 atom stereocenters. The average Bonchev–Trinajstić information content (AvgIpc) is 2.42. The van der Waals surface area contributed by atoms with E-state index in [0.29, 0.717) is 15.6 Å².